The number of benzene rings is 1. The Morgan fingerprint density at radius 1 is 0.950 bits per heavy atom. The van der Waals surface area contributed by atoms with Crippen LogP contribution in [0.25, 0.3) is 0 Å². The van der Waals surface area contributed by atoms with Gasteiger partial charge in [-0.15, -0.1) is 0 Å². The first kappa shape index (κ1) is 17.0. The third-order valence-corrected chi connectivity index (χ3v) is 3.38. The van der Waals surface area contributed by atoms with Crippen LogP contribution >= 0.6 is 0 Å². The second-order valence-electron chi connectivity index (χ2n) is 5.14. The highest BCUT2D eigenvalue weighted by Crippen LogP contribution is 2.26. The predicted octanol–water partition coefficient (Wildman–Crippen LogP) is 5.12. The van der Waals surface area contributed by atoms with Crippen LogP contribution in [0.4, 0.5) is 13.2 Å². The molecule has 0 heterocycles. The summed E-state index contributed by atoms with van der Waals surface area (Å²) in [5, 5.41) is 3.16. The predicted molar refractivity (Wildman–Crippen MR) is 76.1 cm³/mol. The SMILES string of the molecule is CCCCCCC(NCCC)c1c(F)cc(F)cc1F. The van der Waals surface area contributed by atoms with Crippen molar-refractivity contribution in [3.63, 3.8) is 0 Å². The Morgan fingerprint density at radius 3 is 2.15 bits per heavy atom. The second-order valence-corrected chi connectivity index (χ2v) is 5.14. The minimum atomic E-state index is -0.871. The highest BCUT2D eigenvalue weighted by Gasteiger charge is 2.20. The molecule has 0 amide bonds. The van der Waals surface area contributed by atoms with Crippen LogP contribution in [-0.4, -0.2) is 6.54 Å². The smallest absolute Gasteiger partial charge is 0.133 e. The molecule has 1 nitrogen and oxygen atoms in total. The molecular weight excluding hydrogens is 263 g/mol. The van der Waals surface area contributed by atoms with Gasteiger partial charge in [0.25, 0.3) is 0 Å². The van der Waals surface area contributed by atoms with E-state index in [2.05, 4.69) is 12.2 Å². The molecule has 114 valence electrons. The normalized spacial score (nSPS) is 12.7. The highest BCUT2D eigenvalue weighted by atomic mass is 19.1. The van der Waals surface area contributed by atoms with Gasteiger partial charge in [0.05, 0.1) is 0 Å². The molecule has 0 spiro atoms. The number of unbranched alkanes of at least 4 members (excludes halogenated alkanes) is 3. The van der Waals surface area contributed by atoms with E-state index < -0.39 is 17.5 Å². The van der Waals surface area contributed by atoms with E-state index >= 15 is 0 Å². The molecule has 1 rings (SSSR count). The van der Waals surface area contributed by atoms with Gasteiger partial charge in [-0.2, -0.15) is 0 Å². The standard InChI is InChI=1S/C16H24F3N/c1-3-5-6-7-8-15(20-9-4-2)16-13(18)10-12(17)11-14(16)19/h10-11,15,20H,3-9H2,1-2H3. The van der Waals surface area contributed by atoms with Crippen molar-refractivity contribution in [3.8, 4) is 0 Å². The summed E-state index contributed by atoms with van der Waals surface area (Å²) in [6.45, 7) is 4.80. The molecule has 1 aromatic carbocycles. The van der Waals surface area contributed by atoms with Gasteiger partial charge < -0.3 is 5.32 Å². The molecule has 1 atom stereocenters. The monoisotopic (exact) mass is 287 g/mol. The third-order valence-electron chi connectivity index (χ3n) is 3.38. The van der Waals surface area contributed by atoms with Crippen LogP contribution in [0.15, 0.2) is 12.1 Å². The third kappa shape index (κ3) is 5.16. The number of rotatable bonds is 9. The van der Waals surface area contributed by atoms with E-state index in [-0.39, 0.29) is 11.6 Å². The average molecular weight is 287 g/mol. The van der Waals surface area contributed by atoms with Crippen LogP contribution in [0.5, 0.6) is 0 Å². The molecule has 0 saturated carbocycles. The zero-order valence-electron chi connectivity index (χ0n) is 12.3. The summed E-state index contributed by atoms with van der Waals surface area (Å²) in [5.74, 6) is -2.47. The topological polar surface area (TPSA) is 12.0 Å². The molecule has 0 bridgehead atoms. The molecule has 0 aliphatic carbocycles. The summed E-state index contributed by atoms with van der Waals surface area (Å²) in [6, 6.07) is 1.13. The van der Waals surface area contributed by atoms with Gasteiger partial charge in [-0.1, -0.05) is 39.5 Å². The fourth-order valence-corrected chi connectivity index (χ4v) is 2.33. The molecular formula is C16H24F3N. The molecule has 1 aromatic rings. The van der Waals surface area contributed by atoms with Gasteiger partial charge in [0.1, 0.15) is 17.5 Å². The lowest BCUT2D eigenvalue weighted by molar-refractivity contribution is 0.424. The molecule has 0 aliphatic heterocycles. The van der Waals surface area contributed by atoms with E-state index in [1.165, 1.54) is 0 Å². The second kappa shape index (κ2) is 9.01. The number of nitrogens with one attached hydrogen (secondary N) is 1. The number of hydrogen-bond donors (Lipinski definition) is 1. The van der Waals surface area contributed by atoms with Crippen LogP contribution in [0.1, 0.15) is 64.0 Å². The van der Waals surface area contributed by atoms with Crippen molar-refractivity contribution in [1.29, 1.82) is 0 Å². The Balaban J connectivity index is 2.81. The first-order valence-electron chi connectivity index (χ1n) is 7.48. The van der Waals surface area contributed by atoms with Gasteiger partial charge in [0, 0.05) is 23.7 Å². The van der Waals surface area contributed by atoms with E-state index in [1.807, 2.05) is 6.92 Å². The maximum atomic E-state index is 13.8. The summed E-state index contributed by atoms with van der Waals surface area (Å²) in [4.78, 5) is 0. The van der Waals surface area contributed by atoms with Gasteiger partial charge >= 0.3 is 0 Å². The van der Waals surface area contributed by atoms with Crippen molar-refractivity contribution >= 4 is 0 Å². The maximum absolute atomic E-state index is 13.8. The first-order valence-corrected chi connectivity index (χ1v) is 7.48. The van der Waals surface area contributed by atoms with Crippen molar-refractivity contribution in [2.75, 3.05) is 6.54 Å². The van der Waals surface area contributed by atoms with E-state index in [4.69, 9.17) is 0 Å². The Morgan fingerprint density at radius 2 is 1.60 bits per heavy atom. The van der Waals surface area contributed by atoms with Crippen LogP contribution in [-0.2, 0) is 0 Å². The average Bonchev–Trinajstić information content (AvgIpc) is 2.38. The summed E-state index contributed by atoms with van der Waals surface area (Å²) in [5.41, 5.74) is -0.0312. The summed E-state index contributed by atoms with van der Waals surface area (Å²) in [6.07, 6.45) is 5.74. The summed E-state index contributed by atoms with van der Waals surface area (Å²) < 4.78 is 40.7. The Kier molecular flexibility index (Phi) is 7.67. The Labute approximate surface area is 119 Å². The fourth-order valence-electron chi connectivity index (χ4n) is 2.33. The minimum Gasteiger partial charge on any atom is -0.310 e. The molecule has 0 radical (unpaired) electrons. The van der Waals surface area contributed by atoms with Crippen LogP contribution < -0.4 is 5.32 Å². The lowest BCUT2D eigenvalue weighted by atomic mass is 9.98. The lowest BCUT2D eigenvalue weighted by Crippen LogP contribution is -2.24. The van der Waals surface area contributed by atoms with E-state index in [0.29, 0.717) is 13.0 Å². The summed E-state index contributed by atoms with van der Waals surface area (Å²) in [7, 11) is 0. The first-order chi connectivity index (χ1) is 9.60. The van der Waals surface area contributed by atoms with Gasteiger partial charge in [0.2, 0.25) is 0 Å². The molecule has 0 fully saturated rings. The van der Waals surface area contributed by atoms with Crippen LogP contribution in [0, 0.1) is 17.5 Å². The maximum Gasteiger partial charge on any atom is 0.133 e. The van der Waals surface area contributed by atoms with Crippen molar-refractivity contribution in [3.05, 3.63) is 35.1 Å². The number of hydrogen-bond acceptors (Lipinski definition) is 1. The van der Waals surface area contributed by atoms with Crippen LogP contribution in [0.3, 0.4) is 0 Å². The van der Waals surface area contributed by atoms with Crippen LogP contribution in [0.2, 0.25) is 0 Å². The van der Waals surface area contributed by atoms with Gasteiger partial charge in [-0.05, 0) is 19.4 Å². The molecule has 20 heavy (non-hydrogen) atoms. The van der Waals surface area contributed by atoms with Crippen molar-refractivity contribution in [2.24, 2.45) is 0 Å². The largest absolute Gasteiger partial charge is 0.310 e. The minimum absolute atomic E-state index is 0.0312. The quantitative estimate of drug-likeness (QED) is 0.622. The van der Waals surface area contributed by atoms with Crippen molar-refractivity contribution in [2.45, 2.75) is 58.4 Å². The van der Waals surface area contributed by atoms with Crippen molar-refractivity contribution in [1.82, 2.24) is 5.32 Å². The van der Waals surface area contributed by atoms with Crippen molar-refractivity contribution < 1.29 is 13.2 Å². The molecule has 1 unspecified atom stereocenters. The zero-order chi connectivity index (χ0) is 15.0. The van der Waals surface area contributed by atoms with E-state index in [0.717, 1.165) is 44.2 Å². The molecule has 0 aromatic heterocycles. The Hall–Kier alpha value is -1.03. The van der Waals surface area contributed by atoms with Gasteiger partial charge in [0.15, 0.2) is 0 Å². The highest BCUT2D eigenvalue weighted by molar-refractivity contribution is 5.24. The molecule has 1 N–H and O–H groups in total. The van der Waals surface area contributed by atoms with E-state index in [9.17, 15) is 13.2 Å². The molecule has 4 heteroatoms. The summed E-state index contributed by atoms with van der Waals surface area (Å²) >= 11 is 0. The molecule has 0 aliphatic rings. The zero-order valence-corrected chi connectivity index (χ0v) is 12.3. The fraction of sp³-hybridized carbons (Fsp3) is 0.625. The van der Waals surface area contributed by atoms with Gasteiger partial charge in [-0.25, -0.2) is 13.2 Å². The molecule has 0 saturated heterocycles. The Bertz CT molecular complexity index is 384. The van der Waals surface area contributed by atoms with Gasteiger partial charge in [-0.3, -0.25) is 0 Å². The number of halogens is 3. The lowest BCUT2D eigenvalue weighted by Gasteiger charge is -2.20. The van der Waals surface area contributed by atoms with E-state index in [1.54, 1.807) is 0 Å².